The van der Waals surface area contributed by atoms with Crippen LogP contribution in [0.3, 0.4) is 0 Å². The highest BCUT2D eigenvalue weighted by molar-refractivity contribution is 4.95. The van der Waals surface area contributed by atoms with Gasteiger partial charge in [-0.05, 0) is 46.2 Å². The Bertz CT molecular complexity index is 246. The Morgan fingerprint density at radius 3 is 2.81 bits per heavy atom. The van der Waals surface area contributed by atoms with E-state index >= 15 is 0 Å². The van der Waals surface area contributed by atoms with Crippen molar-refractivity contribution in [2.45, 2.75) is 57.2 Å². The van der Waals surface area contributed by atoms with Crippen LogP contribution >= 0.6 is 0 Å². The fourth-order valence-electron chi connectivity index (χ4n) is 2.90. The summed E-state index contributed by atoms with van der Waals surface area (Å²) in [6, 6.07) is 0. The summed E-state index contributed by atoms with van der Waals surface area (Å²) in [4.78, 5) is 2.41. The van der Waals surface area contributed by atoms with Gasteiger partial charge < -0.3 is 9.64 Å². The van der Waals surface area contributed by atoms with E-state index in [1.165, 1.54) is 19.4 Å². The van der Waals surface area contributed by atoms with Crippen molar-refractivity contribution in [3.05, 3.63) is 0 Å². The second kappa shape index (κ2) is 4.63. The zero-order chi connectivity index (χ0) is 11.6. The van der Waals surface area contributed by atoms with Crippen LogP contribution in [0.1, 0.15) is 46.0 Å². The van der Waals surface area contributed by atoms with E-state index in [0.29, 0.717) is 0 Å². The van der Waals surface area contributed by atoms with Gasteiger partial charge in [0.05, 0.1) is 6.61 Å². The lowest BCUT2D eigenvalue weighted by Gasteiger charge is -2.47. The van der Waals surface area contributed by atoms with Crippen molar-refractivity contribution in [1.29, 1.82) is 0 Å². The Morgan fingerprint density at radius 1 is 1.25 bits per heavy atom. The number of hydrogen-bond acceptors (Lipinski definition) is 3. The molecule has 2 unspecified atom stereocenters. The van der Waals surface area contributed by atoms with Gasteiger partial charge in [0.1, 0.15) is 5.72 Å². The van der Waals surface area contributed by atoms with Gasteiger partial charge in [-0.3, -0.25) is 5.32 Å². The molecule has 16 heavy (non-hydrogen) atoms. The van der Waals surface area contributed by atoms with E-state index in [-0.39, 0.29) is 11.3 Å². The molecule has 0 radical (unpaired) electrons. The Labute approximate surface area is 99.5 Å². The van der Waals surface area contributed by atoms with Gasteiger partial charge in [-0.1, -0.05) is 6.92 Å². The van der Waals surface area contributed by atoms with Gasteiger partial charge >= 0.3 is 0 Å². The quantitative estimate of drug-likeness (QED) is 0.740. The molecule has 2 rings (SSSR count). The third-order valence-electron chi connectivity index (χ3n) is 4.36. The second-order valence-corrected chi connectivity index (χ2v) is 5.79. The van der Waals surface area contributed by atoms with Gasteiger partial charge in [0.2, 0.25) is 0 Å². The molecule has 0 aromatic carbocycles. The Kier molecular flexibility index (Phi) is 3.57. The van der Waals surface area contributed by atoms with Crippen LogP contribution in [0.25, 0.3) is 0 Å². The molecule has 2 saturated heterocycles. The van der Waals surface area contributed by atoms with Gasteiger partial charge in [-0.15, -0.1) is 0 Å². The smallest absolute Gasteiger partial charge is 0.120 e. The fourth-order valence-corrected chi connectivity index (χ4v) is 2.90. The monoisotopic (exact) mass is 226 g/mol. The lowest BCUT2D eigenvalue weighted by molar-refractivity contribution is -0.137. The van der Waals surface area contributed by atoms with Crippen molar-refractivity contribution in [3.8, 4) is 0 Å². The molecule has 3 nitrogen and oxygen atoms in total. The van der Waals surface area contributed by atoms with E-state index in [1.807, 2.05) is 0 Å². The standard InChI is InChI=1S/C13H26N2O/c1-4-12(2)8-11-16-13(14-12)6-5-9-15(3)10-7-13/h14H,4-11H2,1-3H3. The highest BCUT2D eigenvalue weighted by atomic mass is 16.5. The molecule has 0 bridgehead atoms. The number of hydrogen-bond donors (Lipinski definition) is 1. The molecule has 94 valence electrons. The fraction of sp³-hybridized carbons (Fsp3) is 1.00. The molecule has 0 saturated carbocycles. The molecule has 0 aromatic heterocycles. The normalized spacial score (nSPS) is 42.2. The summed E-state index contributed by atoms with van der Waals surface area (Å²) in [5.74, 6) is 0. The second-order valence-electron chi connectivity index (χ2n) is 5.79. The van der Waals surface area contributed by atoms with E-state index in [0.717, 1.165) is 32.4 Å². The minimum absolute atomic E-state index is 0.0340. The van der Waals surface area contributed by atoms with E-state index in [2.05, 4.69) is 31.1 Å². The molecule has 2 fully saturated rings. The topological polar surface area (TPSA) is 24.5 Å². The highest BCUT2D eigenvalue weighted by Crippen LogP contribution is 2.32. The molecule has 3 heteroatoms. The molecule has 1 spiro atoms. The maximum absolute atomic E-state index is 6.09. The van der Waals surface area contributed by atoms with Gasteiger partial charge in [-0.25, -0.2) is 0 Å². The number of nitrogens with one attached hydrogen (secondary N) is 1. The number of likely N-dealkylation sites (tertiary alicyclic amines) is 1. The zero-order valence-corrected chi connectivity index (χ0v) is 11.0. The molecular formula is C13H26N2O. The lowest BCUT2D eigenvalue weighted by atomic mass is 9.88. The number of nitrogens with zero attached hydrogens (tertiary/aromatic N) is 1. The average Bonchev–Trinajstić information content (AvgIpc) is 2.42. The van der Waals surface area contributed by atoms with E-state index < -0.39 is 0 Å². The van der Waals surface area contributed by atoms with Crippen LogP contribution in [0, 0.1) is 0 Å². The molecule has 2 aliphatic rings. The largest absolute Gasteiger partial charge is 0.361 e. The number of ether oxygens (including phenoxy) is 1. The van der Waals surface area contributed by atoms with Gasteiger partial charge in [-0.2, -0.15) is 0 Å². The van der Waals surface area contributed by atoms with Gasteiger partial charge in [0, 0.05) is 18.5 Å². The van der Waals surface area contributed by atoms with Gasteiger partial charge in [0.15, 0.2) is 0 Å². The van der Waals surface area contributed by atoms with Crippen LogP contribution in [0.4, 0.5) is 0 Å². The van der Waals surface area contributed by atoms with E-state index in [4.69, 9.17) is 4.74 Å². The summed E-state index contributed by atoms with van der Waals surface area (Å²) in [5, 5.41) is 3.81. The predicted octanol–water partition coefficient (Wildman–Crippen LogP) is 1.98. The van der Waals surface area contributed by atoms with Gasteiger partial charge in [0.25, 0.3) is 0 Å². The zero-order valence-electron chi connectivity index (χ0n) is 11.0. The Morgan fingerprint density at radius 2 is 2.06 bits per heavy atom. The van der Waals surface area contributed by atoms with Crippen molar-refractivity contribution in [2.75, 3.05) is 26.7 Å². The molecule has 0 aromatic rings. The maximum Gasteiger partial charge on any atom is 0.120 e. The first-order valence-corrected chi connectivity index (χ1v) is 6.69. The van der Waals surface area contributed by atoms with Crippen molar-refractivity contribution < 1.29 is 4.74 Å². The maximum atomic E-state index is 6.09. The van der Waals surface area contributed by atoms with Crippen LogP contribution in [0.2, 0.25) is 0 Å². The van der Waals surface area contributed by atoms with Crippen LogP contribution in [-0.4, -0.2) is 42.9 Å². The van der Waals surface area contributed by atoms with Crippen LogP contribution in [-0.2, 0) is 4.74 Å². The molecule has 2 aliphatic heterocycles. The van der Waals surface area contributed by atoms with E-state index in [1.54, 1.807) is 0 Å². The van der Waals surface area contributed by atoms with Crippen molar-refractivity contribution in [1.82, 2.24) is 10.2 Å². The average molecular weight is 226 g/mol. The first-order valence-electron chi connectivity index (χ1n) is 6.69. The molecular weight excluding hydrogens is 200 g/mol. The minimum Gasteiger partial charge on any atom is -0.361 e. The first kappa shape index (κ1) is 12.3. The lowest BCUT2D eigenvalue weighted by Crippen LogP contribution is -2.62. The van der Waals surface area contributed by atoms with Crippen molar-refractivity contribution >= 4 is 0 Å². The summed E-state index contributed by atoms with van der Waals surface area (Å²) >= 11 is 0. The highest BCUT2D eigenvalue weighted by Gasteiger charge is 2.41. The predicted molar refractivity (Wildman–Crippen MR) is 66.5 cm³/mol. The summed E-state index contributed by atoms with van der Waals surface area (Å²) in [6.07, 6.45) is 5.85. The van der Waals surface area contributed by atoms with Crippen LogP contribution in [0.15, 0.2) is 0 Å². The number of rotatable bonds is 1. The van der Waals surface area contributed by atoms with Crippen LogP contribution < -0.4 is 5.32 Å². The van der Waals surface area contributed by atoms with Crippen molar-refractivity contribution in [2.24, 2.45) is 0 Å². The molecule has 0 aliphatic carbocycles. The summed E-state index contributed by atoms with van der Waals surface area (Å²) < 4.78 is 6.09. The first-order chi connectivity index (χ1) is 7.58. The molecule has 0 amide bonds. The van der Waals surface area contributed by atoms with Crippen molar-refractivity contribution in [3.63, 3.8) is 0 Å². The Balaban J connectivity index is 2.05. The minimum atomic E-state index is -0.0340. The third-order valence-corrected chi connectivity index (χ3v) is 4.36. The molecule has 2 atom stereocenters. The third kappa shape index (κ3) is 2.58. The Hall–Kier alpha value is -0.120. The SMILES string of the molecule is CCC1(C)CCOC2(CCCN(C)CC2)N1. The molecule has 2 heterocycles. The molecule has 1 N–H and O–H groups in total. The summed E-state index contributed by atoms with van der Waals surface area (Å²) in [7, 11) is 2.21. The summed E-state index contributed by atoms with van der Waals surface area (Å²) in [5.41, 5.74) is 0.245. The summed E-state index contributed by atoms with van der Waals surface area (Å²) in [6.45, 7) is 7.88. The van der Waals surface area contributed by atoms with Crippen LogP contribution in [0.5, 0.6) is 0 Å². The van der Waals surface area contributed by atoms with E-state index in [9.17, 15) is 0 Å².